The van der Waals surface area contributed by atoms with Gasteiger partial charge in [-0.2, -0.15) is 0 Å². The molecule has 0 fully saturated rings. The lowest BCUT2D eigenvalue weighted by Crippen LogP contribution is -2.20. The van der Waals surface area contributed by atoms with E-state index in [0.717, 1.165) is 78.7 Å². The lowest BCUT2D eigenvalue weighted by Gasteiger charge is -2.25. The Bertz CT molecular complexity index is 977. The lowest BCUT2D eigenvalue weighted by molar-refractivity contribution is -0.116. The molecular weight excluding hydrogens is 426 g/mol. The molecule has 1 heterocycles. The number of rotatable bonds is 12. The first-order valence-corrected chi connectivity index (χ1v) is 12.6. The Balaban J connectivity index is 1.81. The van der Waals surface area contributed by atoms with E-state index in [1.807, 2.05) is 12.1 Å². The predicted molar refractivity (Wildman–Crippen MR) is 137 cm³/mol. The highest BCUT2D eigenvalue weighted by Crippen LogP contribution is 2.42. The summed E-state index contributed by atoms with van der Waals surface area (Å²) >= 11 is 0. The van der Waals surface area contributed by atoms with E-state index in [2.05, 4.69) is 57.3 Å². The van der Waals surface area contributed by atoms with Crippen molar-refractivity contribution in [1.82, 2.24) is 0 Å². The minimum atomic E-state index is -0.101. The van der Waals surface area contributed by atoms with Gasteiger partial charge in [0.25, 0.3) is 0 Å². The minimum absolute atomic E-state index is 0.00792. The molecule has 0 saturated carbocycles. The highest BCUT2D eigenvalue weighted by atomic mass is 16.7. The molecule has 0 spiro atoms. The summed E-state index contributed by atoms with van der Waals surface area (Å²) in [6, 6.07) is 12.3. The molecule has 1 aliphatic heterocycles. The van der Waals surface area contributed by atoms with Gasteiger partial charge in [-0.15, -0.1) is 0 Å². The smallest absolute Gasteiger partial charge is 0.231 e. The van der Waals surface area contributed by atoms with Gasteiger partial charge in [0.2, 0.25) is 12.7 Å². The number of anilines is 1. The van der Waals surface area contributed by atoms with Crippen molar-refractivity contribution in [2.75, 3.05) is 12.1 Å². The van der Waals surface area contributed by atoms with Crippen molar-refractivity contribution >= 4 is 17.9 Å². The Morgan fingerprint density at radius 1 is 1.12 bits per heavy atom. The van der Waals surface area contributed by atoms with Crippen molar-refractivity contribution in [3.63, 3.8) is 0 Å². The molecule has 1 N–H and O–H groups in total. The van der Waals surface area contributed by atoms with Gasteiger partial charge in [-0.1, -0.05) is 71.2 Å². The molecule has 1 aliphatic rings. The van der Waals surface area contributed by atoms with E-state index >= 15 is 0 Å². The number of unbranched alkanes of at least 4 members (excludes halogenated alkanes) is 3. The van der Waals surface area contributed by atoms with Crippen molar-refractivity contribution in [2.45, 2.75) is 90.4 Å². The number of para-hydroxylation sites is 1. The highest BCUT2D eigenvalue weighted by molar-refractivity contribution is 5.92. The van der Waals surface area contributed by atoms with Crippen LogP contribution in [0.1, 0.15) is 95.2 Å². The molecule has 5 heteroatoms. The summed E-state index contributed by atoms with van der Waals surface area (Å²) in [5, 5.41) is 3.23. The Morgan fingerprint density at radius 2 is 1.94 bits per heavy atom. The summed E-state index contributed by atoms with van der Waals surface area (Å²) < 4.78 is 11.3. The highest BCUT2D eigenvalue weighted by Gasteiger charge is 2.26. The van der Waals surface area contributed by atoms with E-state index in [4.69, 9.17) is 9.47 Å². The van der Waals surface area contributed by atoms with Crippen LogP contribution in [0.5, 0.6) is 11.5 Å². The van der Waals surface area contributed by atoms with E-state index in [9.17, 15) is 9.59 Å². The lowest BCUT2D eigenvalue weighted by atomic mass is 9.84. The van der Waals surface area contributed by atoms with Gasteiger partial charge in [0.15, 0.2) is 11.5 Å². The fourth-order valence-corrected chi connectivity index (χ4v) is 4.60. The first-order valence-electron chi connectivity index (χ1n) is 12.6. The Morgan fingerprint density at radius 3 is 2.68 bits per heavy atom. The number of aryl methyl sites for hydroxylation is 1. The monoisotopic (exact) mass is 465 g/mol. The zero-order chi connectivity index (χ0) is 24.6. The second kappa shape index (κ2) is 12.0. The average Bonchev–Trinajstić information content (AvgIpc) is 3.27. The number of carbonyl (C=O) groups is 2. The molecule has 184 valence electrons. The van der Waals surface area contributed by atoms with Gasteiger partial charge in [-0.3, -0.25) is 4.79 Å². The average molecular weight is 466 g/mol. The largest absolute Gasteiger partial charge is 0.454 e. The van der Waals surface area contributed by atoms with Crippen molar-refractivity contribution in [2.24, 2.45) is 0 Å². The second-order valence-electron chi connectivity index (χ2n) is 10.2. The maximum Gasteiger partial charge on any atom is 0.231 e. The summed E-state index contributed by atoms with van der Waals surface area (Å²) in [6.45, 7) is 8.88. The molecule has 1 unspecified atom stereocenters. The van der Waals surface area contributed by atoms with Gasteiger partial charge in [0, 0.05) is 24.1 Å². The molecule has 0 bridgehead atoms. The van der Waals surface area contributed by atoms with Crippen molar-refractivity contribution < 1.29 is 19.1 Å². The SMILES string of the molecule is CCCCCC(CC(=O)Nc1cc(CCCC=O)ccc1C(C)(C)C)c1cccc2c1OCO2. The molecule has 34 heavy (non-hydrogen) atoms. The van der Waals surface area contributed by atoms with Crippen LogP contribution >= 0.6 is 0 Å². The summed E-state index contributed by atoms with van der Waals surface area (Å²) in [5.74, 6) is 1.62. The number of aldehydes is 1. The van der Waals surface area contributed by atoms with Gasteiger partial charge in [0.1, 0.15) is 6.29 Å². The van der Waals surface area contributed by atoms with Crippen molar-refractivity contribution in [3.8, 4) is 11.5 Å². The van der Waals surface area contributed by atoms with Crippen molar-refractivity contribution in [1.29, 1.82) is 0 Å². The van der Waals surface area contributed by atoms with Crippen LogP contribution in [0.4, 0.5) is 5.69 Å². The number of fused-ring (bicyclic) bond motifs is 1. The zero-order valence-corrected chi connectivity index (χ0v) is 21.1. The number of hydrogen-bond acceptors (Lipinski definition) is 4. The topological polar surface area (TPSA) is 64.6 Å². The number of hydrogen-bond donors (Lipinski definition) is 1. The first-order chi connectivity index (χ1) is 16.3. The van der Waals surface area contributed by atoms with E-state index in [0.29, 0.717) is 12.8 Å². The quantitative estimate of drug-likeness (QED) is 0.273. The normalized spacial score (nSPS) is 13.5. The summed E-state index contributed by atoms with van der Waals surface area (Å²) in [5.41, 5.74) is 4.07. The molecular formula is C29H39NO4. The minimum Gasteiger partial charge on any atom is -0.454 e. The Labute approximate surface area is 204 Å². The number of nitrogens with one attached hydrogen (secondary N) is 1. The Hall–Kier alpha value is -2.82. The third kappa shape index (κ3) is 6.85. The number of carbonyl (C=O) groups excluding carboxylic acids is 2. The Kier molecular flexibility index (Phi) is 9.14. The molecule has 2 aromatic rings. The number of ether oxygens (including phenoxy) is 2. The fraction of sp³-hybridized carbons (Fsp3) is 0.517. The molecule has 0 aliphatic carbocycles. The van der Waals surface area contributed by atoms with E-state index in [1.54, 1.807) is 0 Å². The molecule has 1 amide bonds. The van der Waals surface area contributed by atoms with Crippen LogP contribution in [0, 0.1) is 0 Å². The van der Waals surface area contributed by atoms with Gasteiger partial charge in [0.05, 0.1) is 0 Å². The standard InChI is InChI=1S/C29H39NO4/c1-5-6-7-12-22(23-13-10-14-26-28(23)34-20-33-26)19-27(32)30-25-18-21(11-8-9-17-31)15-16-24(25)29(2,3)4/h10,13-18,22H,5-9,11-12,19-20H2,1-4H3,(H,30,32). The fourth-order valence-electron chi connectivity index (χ4n) is 4.60. The summed E-state index contributed by atoms with van der Waals surface area (Å²) in [7, 11) is 0. The predicted octanol–water partition coefficient (Wildman–Crippen LogP) is 6.93. The van der Waals surface area contributed by atoms with Gasteiger partial charge < -0.3 is 19.6 Å². The summed E-state index contributed by atoms with van der Waals surface area (Å²) in [4.78, 5) is 24.1. The number of amides is 1. The van der Waals surface area contributed by atoms with Crippen LogP contribution in [0.15, 0.2) is 36.4 Å². The first kappa shape index (κ1) is 25.8. The third-order valence-electron chi connectivity index (χ3n) is 6.41. The van der Waals surface area contributed by atoms with Gasteiger partial charge in [-0.05, 0) is 53.9 Å². The molecule has 5 nitrogen and oxygen atoms in total. The van der Waals surface area contributed by atoms with E-state index in [1.165, 1.54) is 0 Å². The van der Waals surface area contributed by atoms with Crippen LogP contribution in [-0.2, 0) is 21.4 Å². The third-order valence-corrected chi connectivity index (χ3v) is 6.41. The van der Waals surface area contributed by atoms with Gasteiger partial charge in [-0.25, -0.2) is 0 Å². The molecule has 0 radical (unpaired) electrons. The second-order valence-corrected chi connectivity index (χ2v) is 10.2. The number of benzene rings is 2. The maximum absolute atomic E-state index is 13.4. The maximum atomic E-state index is 13.4. The molecule has 3 rings (SSSR count). The van der Waals surface area contributed by atoms with E-state index in [-0.39, 0.29) is 24.0 Å². The van der Waals surface area contributed by atoms with Crippen molar-refractivity contribution in [3.05, 3.63) is 53.1 Å². The van der Waals surface area contributed by atoms with Crippen LogP contribution in [-0.4, -0.2) is 19.0 Å². The van der Waals surface area contributed by atoms with Crippen LogP contribution in [0.3, 0.4) is 0 Å². The molecule has 0 saturated heterocycles. The van der Waals surface area contributed by atoms with E-state index < -0.39 is 0 Å². The van der Waals surface area contributed by atoms with Gasteiger partial charge >= 0.3 is 0 Å². The summed E-state index contributed by atoms with van der Waals surface area (Å²) in [6.07, 6.45) is 7.81. The van der Waals surface area contributed by atoms with Crippen LogP contribution in [0.25, 0.3) is 0 Å². The zero-order valence-electron chi connectivity index (χ0n) is 21.1. The molecule has 1 atom stereocenters. The molecule has 0 aromatic heterocycles. The van der Waals surface area contributed by atoms with Crippen LogP contribution < -0.4 is 14.8 Å². The van der Waals surface area contributed by atoms with Crippen LogP contribution in [0.2, 0.25) is 0 Å². The molecule has 2 aromatic carbocycles.